The average Bonchev–Trinajstić information content (AvgIpc) is 3.35. The van der Waals surface area contributed by atoms with E-state index < -0.39 is 15.9 Å². The maximum absolute atomic E-state index is 9.81. The van der Waals surface area contributed by atoms with Crippen LogP contribution in [-0.2, 0) is 22.3 Å². The van der Waals surface area contributed by atoms with Crippen LogP contribution in [0.5, 0.6) is 0 Å². The van der Waals surface area contributed by atoms with E-state index in [0.717, 1.165) is 5.56 Å². The van der Waals surface area contributed by atoms with Crippen molar-refractivity contribution in [1.82, 2.24) is 0 Å². The van der Waals surface area contributed by atoms with Crippen molar-refractivity contribution in [1.29, 1.82) is 0 Å². The van der Waals surface area contributed by atoms with Crippen molar-refractivity contribution >= 4 is 26.3 Å². The molecule has 0 heterocycles. The van der Waals surface area contributed by atoms with Crippen LogP contribution in [0.1, 0.15) is 48.9 Å². The topological polar surface area (TPSA) is 20.2 Å². The number of benzene rings is 3. The molecule has 2 aliphatic rings. The molecule has 1 N–H and O–H groups in total. The summed E-state index contributed by atoms with van der Waals surface area (Å²) in [7, 11) is 16.0. The van der Waals surface area contributed by atoms with Gasteiger partial charge >= 0.3 is 193 Å². The van der Waals surface area contributed by atoms with E-state index in [1.165, 1.54) is 36.6 Å². The SMILES string of the molecule is C[C](C)=[Zr]([Cl])([Cl])([CH]1C=Cc2ccccc21)[CH]1c2ccccc2-c2cccc(CCO)c21. The van der Waals surface area contributed by atoms with Crippen LogP contribution in [0.15, 0.2) is 72.8 Å². The molecule has 0 spiro atoms. The predicted molar refractivity (Wildman–Crippen MR) is 131 cm³/mol. The molecule has 0 aliphatic heterocycles. The van der Waals surface area contributed by atoms with Gasteiger partial charge in [0.2, 0.25) is 0 Å². The van der Waals surface area contributed by atoms with Gasteiger partial charge in [-0.3, -0.25) is 0 Å². The number of fused-ring (bicyclic) bond motifs is 4. The van der Waals surface area contributed by atoms with Crippen LogP contribution < -0.4 is 0 Å². The molecule has 2 unspecified atom stereocenters. The molecular formula is C27H26Cl2OZr. The fourth-order valence-electron chi connectivity index (χ4n) is 5.72. The van der Waals surface area contributed by atoms with Gasteiger partial charge in [0.15, 0.2) is 0 Å². The zero-order valence-electron chi connectivity index (χ0n) is 17.8. The van der Waals surface area contributed by atoms with Crippen molar-refractivity contribution in [2.45, 2.75) is 27.5 Å². The van der Waals surface area contributed by atoms with Gasteiger partial charge in [-0.15, -0.1) is 0 Å². The Morgan fingerprint density at radius 3 is 2.29 bits per heavy atom. The molecule has 0 amide bonds. The molecule has 31 heavy (non-hydrogen) atoms. The van der Waals surface area contributed by atoms with Crippen molar-refractivity contribution in [3.05, 3.63) is 101 Å². The molecule has 1 nitrogen and oxygen atoms in total. The minimum absolute atomic E-state index is 0.0113. The molecule has 158 valence electrons. The first-order chi connectivity index (χ1) is 14.9. The Labute approximate surface area is 192 Å². The molecule has 0 saturated carbocycles. The molecule has 5 rings (SSSR count). The monoisotopic (exact) mass is 526 g/mol. The zero-order valence-corrected chi connectivity index (χ0v) is 21.7. The molecule has 2 atom stereocenters. The summed E-state index contributed by atoms with van der Waals surface area (Å²) in [6.45, 7) is 4.38. The number of aliphatic hydroxyl groups excluding tert-OH is 1. The summed E-state index contributed by atoms with van der Waals surface area (Å²) in [4.78, 5) is 0. The van der Waals surface area contributed by atoms with Crippen molar-refractivity contribution in [3.63, 3.8) is 0 Å². The molecule has 3 aromatic carbocycles. The second kappa shape index (κ2) is 7.63. The van der Waals surface area contributed by atoms with E-state index in [4.69, 9.17) is 17.0 Å². The van der Waals surface area contributed by atoms with Gasteiger partial charge in [-0.25, -0.2) is 0 Å². The van der Waals surface area contributed by atoms with Crippen LogP contribution in [0.4, 0.5) is 0 Å². The number of rotatable bonds is 4. The van der Waals surface area contributed by atoms with Gasteiger partial charge in [0, 0.05) is 0 Å². The van der Waals surface area contributed by atoms with Gasteiger partial charge in [-0.2, -0.15) is 0 Å². The van der Waals surface area contributed by atoms with E-state index in [1.54, 1.807) is 0 Å². The third kappa shape index (κ3) is 2.99. The Kier molecular flexibility index (Phi) is 5.30. The Morgan fingerprint density at radius 2 is 1.55 bits per heavy atom. The van der Waals surface area contributed by atoms with E-state index in [0.29, 0.717) is 6.42 Å². The fraction of sp³-hybridized carbons (Fsp3) is 0.222. The second-order valence-corrected chi connectivity index (χ2v) is 30.8. The normalized spacial score (nSPS) is 19.2. The van der Waals surface area contributed by atoms with E-state index in [2.05, 4.69) is 92.7 Å². The number of halogens is 2. The molecular weight excluding hydrogens is 502 g/mol. The van der Waals surface area contributed by atoms with Crippen LogP contribution in [0, 0.1) is 0 Å². The Bertz CT molecular complexity index is 1290. The van der Waals surface area contributed by atoms with E-state index >= 15 is 0 Å². The number of allylic oxidation sites excluding steroid dienone is 1. The summed E-state index contributed by atoms with van der Waals surface area (Å²) in [5.74, 6) is 0. The summed E-state index contributed by atoms with van der Waals surface area (Å²) in [6, 6.07) is 23.4. The summed E-state index contributed by atoms with van der Waals surface area (Å²) in [5.41, 5.74) is 8.50. The minimum atomic E-state index is -4.79. The molecule has 2 aliphatic carbocycles. The molecule has 0 fully saturated rings. The molecule has 0 bridgehead atoms. The number of hydrogen-bond acceptors (Lipinski definition) is 1. The van der Waals surface area contributed by atoms with E-state index in [1.807, 2.05) is 0 Å². The third-order valence-corrected chi connectivity index (χ3v) is 29.9. The summed E-state index contributed by atoms with van der Waals surface area (Å²) >= 11 is -4.79. The average molecular weight is 529 g/mol. The second-order valence-electron chi connectivity index (χ2n) is 8.99. The first-order valence-electron chi connectivity index (χ1n) is 10.8. The Hall–Kier alpha value is -1.31. The van der Waals surface area contributed by atoms with Crippen molar-refractivity contribution in [3.8, 4) is 11.1 Å². The number of aliphatic hydroxyl groups is 1. The molecule has 4 heteroatoms. The summed E-state index contributed by atoms with van der Waals surface area (Å²) < 4.78 is 1.13. The van der Waals surface area contributed by atoms with Gasteiger partial charge < -0.3 is 0 Å². The quantitative estimate of drug-likeness (QED) is 0.378. The third-order valence-electron chi connectivity index (χ3n) is 7.28. The fourth-order valence-corrected chi connectivity index (χ4v) is 21.8. The van der Waals surface area contributed by atoms with Crippen LogP contribution in [0.3, 0.4) is 0 Å². The molecule has 0 radical (unpaired) electrons. The van der Waals surface area contributed by atoms with Gasteiger partial charge in [0.05, 0.1) is 0 Å². The van der Waals surface area contributed by atoms with Crippen molar-refractivity contribution < 1.29 is 21.0 Å². The van der Waals surface area contributed by atoms with Gasteiger partial charge in [-0.05, 0) is 0 Å². The van der Waals surface area contributed by atoms with E-state index in [9.17, 15) is 5.11 Å². The summed E-state index contributed by atoms with van der Waals surface area (Å²) in [6.07, 6.45) is 5.03. The van der Waals surface area contributed by atoms with Crippen molar-refractivity contribution in [2.24, 2.45) is 0 Å². The first kappa shape index (κ1) is 21.5. The predicted octanol–water partition coefficient (Wildman–Crippen LogP) is 7.27. The number of hydrogen-bond donors (Lipinski definition) is 1. The van der Waals surface area contributed by atoms with Crippen molar-refractivity contribution in [2.75, 3.05) is 6.61 Å². The zero-order chi connectivity index (χ0) is 21.8. The van der Waals surface area contributed by atoms with Gasteiger partial charge in [0.25, 0.3) is 0 Å². The van der Waals surface area contributed by atoms with Crippen LogP contribution in [-0.4, -0.2) is 14.9 Å². The van der Waals surface area contributed by atoms with E-state index in [-0.39, 0.29) is 13.9 Å². The standard InChI is InChI=1S/C15H13O.C9H7.C3H6.2ClH.Zr/c16-9-8-11-5-3-7-14-13-6-2-1-4-12(13)10-15(11)14;1-2-5-9-7-3-6-8(9)4-1;1-3-2;;;/h1-7,10,16H,8-9H2;1-7H;1-2H3;2*1H;/q;;;;;+2/p-2. The summed E-state index contributed by atoms with van der Waals surface area (Å²) in [5, 5.41) is 9.81. The molecule has 0 aromatic heterocycles. The Balaban J connectivity index is 1.87. The van der Waals surface area contributed by atoms with Crippen LogP contribution in [0.25, 0.3) is 17.2 Å². The first-order valence-corrected chi connectivity index (χ1v) is 21.2. The molecule has 0 saturated heterocycles. The van der Waals surface area contributed by atoms with Crippen LogP contribution in [0.2, 0.25) is 0 Å². The Morgan fingerprint density at radius 1 is 0.871 bits per heavy atom. The van der Waals surface area contributed by atoms with Gasteiger partial charge in [0.1, 0.15) is 0 Å². The molecule has 3 aromatic rings. The van der Waals surface area contributed by atoms with Gasteiger partial charge in [-0.1, -0.05) is 0 Å². The van der Waals surface area contributed by atoms with Crippen LogP contribution >= 0.6 is 17.0 Å². The maximum atomic E-state index is 9.81.